The lowest BCUT2D eigenvalue weighted by Crippen LogP contribution is -2.44. The molecule has 1 atom stereocenters. The van der Waals surface area contributed by atoms with E-state index in [4.69, 9.17) is 32.7 Å². The number of esters is 2. The number of halogens is 3. The van der Waals surface area contributed by atoms with E-state index in [2.05, 4.69) is 10.6 Å². The molecule has 2 aromatic carbocycles. The Labute approximate surface area is 233 Å². The third-order valence-electron chi connectivity index (χ3n) is 5.40. The molecule has 2 aromatic rings. The second-order valence-electron chi connectivity index (χ2n) is 8.09. The zero-order chi connectivity index (χ0) is 26.5. The zero-order valence-corrected chi connectivity index (χ0v) is 23.2. The van der Waals surface area contributed by atoms with Gasteiger partial charge in [-0.15, -0.1) is 12.4 Å². The number of unbranched alkanes of at least 4 members (excludes halogenated alkanes) is 2. The van der Waals surface area contributed by atoms with Crippen molar-refractivity contribution in [2.75, 3.05) is 26.8 Å². The Morgan fingerprint density at radius 1 is 1.05 bits per heavy atom. The number of hydrogen-bond acceptors (Lipinski definition) is 7. The highest BCUT2D eigenvalue weighted by molar-refractivity contribution is 6.37. The molecule has 11 heteroatoms. The highest BCUT2D eigenvalue weighted by Crippen LogP contribution is 2.37. The van der Waals surface area contributed by atoms with Crippen LogP contribution in [0.25, 0.3) is 0 Å². The van der Waals surface area contributed by atoms with Gasteiger partial charge in [0.25, 0.3) is 5.91 Å². The molecule has 0 unspecified atom stereocenters. The van der Waals surface area contributed by atoms with Crippen LogP contribution in [0, 0.1) is 0 Å². The number of carbonyl (C=O) groups is 3. The quantitative estimate of drug-likeness (QED) is 0.224. The van der Waals surface area contributed by atoms with Gasteiger partial charge in [0, 0.05) is 11.4 Å². The summed E-state index contributed by atoms with van der Waals surface area (Å²) in [6.07, 6.45) is 3.41. The van der Waals surface area contributed by atoms with Crippen LogP contribution in [-0.2, 0) is 31.9 Å². The first-order valence-electron chi connectivity index (χ1n) is 11.8. The van der Waals surface area contributed by atoms with Crippen LogP contribution >= 0.6 is 35.6 Å². The van der Waals surface area contributed by atoms with Crippen molar-refractivity contribution in [1.82, 2.24) is 10.6 Å². The monoisotopic (exact) mass is 574 g/mol. The Hall–Kier alpha value is -2.52. The lowest BCUT2D eigenvalue weighted by Gasteiger charge is -2.19. The largest absolute Gasteiger partial charge is 0.506 e. The molecule has 0 aliphatic carbocycles. The smallest absolute Gasteiger partial charge is 0.344 e. The fourth-order valence-corrected chi connectivity index (χ4v) is 4.19. The van der Waals surface area contributed by atoms with Crippen molar-refractivity contribution in [2.45, 2.75) is 45.1 Å². The van der Waals surface area contributed by atoms with Crippen LogP contribution in [0.5, 0.6) is 5.75 Å². The van der Waals surface area contributed by atoms with Gasteiger partial charge in [-0.3, -0.25) is 4.79 Å². The van der Waals surface area contributed by atoms with Crippen LogP contribution in [0.1, 0.15) is 47.7 Å². The standard InChI is InChI=1S/C26H32Cl2N2O6.ClH/c1-3-35-22(31)16-36-26(34)21(14-17-10-6-4-7-11-17)30-25(33)19-15-20(27)18(23(28)24(19)32)12-8-5-9-13-29-2;/h4,6-7,10-11,15,21,29,32H,3,5,8-9,12-14,16H2,1-2H3,(H,30,33);1H/t21-;/m1./s1. The second-order valence-corrected chi connectivity index (χ2v) is 8.87. The van der Waals surface area contributed by atoms with Gasteiger partial charge >= 0.3 is 11.9 Å². The molecule has 0 aromatic heterocycles. The maximum Gasteiger partial charge on any atom is 0.344 e. The number of phenolic OH excluding ortho intramolecular Hbond substituents is 1. The van der Waals surface area contributed by atoms with E-state index in [0.29, 0.717) is 12.0 Å². The summed E-state index contributed by atoms with van der Waals surface area (Å²) in [5.41, 5.74) is 1.15. The first kappa shape index (κ1) is 32.5. The van der Waals surface area contributed by atoms with E-state index in [-0.39, 0.29) is 41.0 Å². The number of nitrogens with one attached hydrogen (secondary N) is 2. The van der Waals surface area contributed by atoms with Gasteiger partial charge in [0.2, 0.25) is 0 Å². The van der Waals surface area contributed by atoms with Crippen LogP contribution in [0.15, 0.2) is 36.4 Å². The van der Waals surface area contributed by atoms with Crippen molar-refractivity contribution in [3.05, 3.63) is 63.1 Å². The van der Waals surface area contributed by atoms with Crippen molar-refractivity contribution in [3.8, 4) is 5.75 Å². The number of rotatable bonds is 14. The molecule has 0 bridgehead atoms. The average Bonchev–Trinajstić information content (AvgIpc) is 2.86. The van der Waals surface area contributed by atoms with E-state index < -0.39 is 36.2 Å². The van der Waals surface area contributed by atoms with Gasteiger partial charge in [0.05, 0.1) is 17.2 Å². The van der Waals surface area contributed by atoms with Gasteiger partial charge in [-0.05, 0) is 57.0 Å². The van der Waals surface area contributed by atoms with E-state index in [1.165, 1.54) is 6.07 Å². The summed E-state index contributed by atoms with van der Waals surface area (Å²) in [5.74, 6) is -2.70. The van der Waals surface area contributed by atoms with Crippen molar-refractivity contribution in [2.24, 2.45) is 0 Å². The number of carbonyl (C=O) groups excluding carboxylic acids is 3. The third kappa shape index (κ3) is 10.4. The Morgan fingerprint density at radius 3 is 2.41 bits per heavy atom. The normalized spacial score (nSPS) is 11.2. The lowest BCUT2D eigenvalue weighted by atomic mass is 10.0. The lowest BCUT2D eigenvalue weighted by molar-refractivity contribution is -0.159. The maximum absolute atomic E-state index is 13.1. The molecule has 0 radical (unpaired) electrons. The fourth-order valence-electron chi connectivity index (χ4n) is 3.54. The molecule has 0 heterocycles. The zero-order valence-electron chi connectivity index (χ0n) is 20.9. The number of aromatic hydroxyl groups is 1. The SMILES string of the molecule is CCOC(=O)COC(=O)[C@@H](Cc1ccccc1)NC(=O)c1cc(Cl)c(CCCCCNC)c(Cl)c1O.Cl. The Kier molecular flexibility index (Phi) is 15.0. The third-order valence-corrected chi connectivity index (χ3v) is 6.14. The van der Waals surface area contributed by atoms with Gasteiger partial charge in [0.1, 0.15) is 11.8 Å². The molecular formula is C26H33Cl3N2O6. The number of hydrogen-bond donors (Lipinski definition) is 3. The molecule has 0 saturated carbocycles. The van der Waals surface area contributed by atoms with E-state index >= 15 is 0 Å². The molecule has 0 fully saturated rings. The number of amides is 1. The fraction of sp³-hybridized carbons (Fsp3) is 0.423. The minimum Gasteiger partial charge on any atom is -0.506 e. The van der Waals surface area contributed by atoms with Crippen molar-refractivity contribution < 1.29 is 29.0 Å². The number of benzene rings is 2. The average molecular weight is 576 g/mol. The van der Waals surface area contributed by atoms with Crippen LogP contribution in [0.3, 0.4) is 0 Å². The molecule has 3 N–H and O–H groups in total. The summed E-state index contributed by atoms with van der Waals surface area (Å²) < 4.78 is 9.82. The highest BCUT2D eigenvalue weighted by Gasteiger charge is 2.27. The van der Waals surface area contributed by atoms with Crippen molar-refractivity contribution in [3.63, 3.8) is 0 Å². The van der Waals surface area contributed by atoms with Crippen molar-refractivity contribution >= 4 is 53.5 Å². The van der Waals surface area contributed by atoms with Gasteiger partial charge in [-0.25, -0.2) is 9.59 Å². The summed E-state index contributed by atoms with van der Waals surface area (Å²) in [6, 6.07) is 9.17. The topological polar surface area (TPSA) is 114 Å². The minimum atomic E-state index is -1.14. The molecule has 0 saturated heterocycles. The summed E-state index contributed by atoms with van der Waals surface area (Å²) in [4.78, 5) is 37.4. The van der Waals surface area contributed by atoms with E-state index in [1.54, 1.807) is 31.2 Å². The van der Waals surface area contributed by atoms with Crippen LogP contribution in [0.4, 0.5) is 0 Å². The van der Waals surface area contributed by atoms with Gasteiger partial charge in [-0.1, -0.05) is 60.0 Å². The predicted octanol–water partition coefficient (Wildman–Crippen LogP) is 4.50. The summed E-state index contributed by atoms with van der Waals surface area (Å²) >= 11 is 12.8. The Bertz CT molecular complexity index is 1040. The van der Waals surface area contributed by atoms with E-state index in [1.807, 2.05) is 13.1 Å². The summed E-state index contributed by atoms with van der Waals surface area (Å²) in [5, 5.41) is 16.6. The number of phenols is 1. The molecule has 0 aliphatic heterocycles. The van der Waals surface area contributed by atoms with Gasteiger partial charge in [0.15, 0.2) is 6.61 Å². The van der Waals surface area contributed by atoms with Crippen LogP contribution in [0.2, 0.25) is 10.0 Å². The molecule has 2 rings (SSSR count). The van der Waals surface area contributed by atoms with E-state index in [0.717, 1.165) is 31.4 Å². The first-order chi connectivity index (χ1) is 17.3. The molecule has 1 amide bonds. The molecule has 0 aliphatic rings. The number of ether oxygens (including phenoxy) is 2. The van der Waals surface area contributed by atoms with Crippen LogP contribution < -0.4 is 10.6 Å². The Balaban J connectivity index is 0.00000684. The predicted molar refractivity (Wildman–Crippen MR) is 146 cm³/mol. The first-order valence-corrected chi connectivity index (χ1v) is 12.6. The van der Waals surface area contributed by atoms with Gasteiger partial charge in [-0.2, -0.15) is 0 Å². The molecule has 204 valence electrons. The van der Waals surface area contributed by atoms with Gasteiger partial charge < -0.3 is 25.2 Å². The molecular weight excluding hydrogens is 543 g/mol. The second kappa shape index (κ2) is 17.1. The van der Waals surface area contributed by atoms with Crippen molar-refractivity contribution in [1.29, 1.82) is 0 Å². The summed E-state index contributed by atoms with van der Waals surface area (Å²) in [7, 11) is 1.89. The highest BCUT2D eigenvalue weighted by atomic mass is 35.5. The maximum atomic E-state index is 13.1. The van der Waals surface area contributed by atoms with E-state index in [9.17, 15) is 19.5 Å². The molecule has 0 spiro atoms. The van der Waals surface area contributed by atoms with Crippen LogP contribution in [-0.4, -0.2) is 55.8 Å². The summed E-state index contributed by atoms with van der Waals surface area (Å²) in [6.45, 7) is 2.10. The Morgan fingerprint density at radius 2 is 1.76 bits per heavy atom. The molecule has 8 nitrogen and oxygen atoms in total. The minimum absolute atomic E-state index is 0. The molecule has 37 heavy (non-hydrogen) atoms.